The first kappa shape index (κ1) is 33.6. The van der Waals surface area contributed by atoms with Crippen LogP contribution < -0.4 is 10.6 Å². The number of aromatic nitrogens is 1. The molecule has 4 aromatic rings. The summed E-state index contributed by atoms with van der Waals surface area (Å²) >= 11 is 0. The average Bonchev–Trinajstić information content (AvgIpc) is 3.66. The van der Waals surface area contributed by atoms with Crippen LogP contribution in [0.4, 0.5) is 10.5 Å². The summed E-state index contributed by atoms with van der Waals surface area (Å²) in [7, 11) is -4.26. The number of hydrogen-bond acceptors (Lipinski definition) is 6. The molecule has 3 atom stereocenters. The van der Waals surface area contributed by atoms with Gasteiger partial charge >= 0.3 is 6.09 Å². The molecule has 0 bridgehead atoms. The van der Waals surface area contributed by atoms with Crippen molar-refractivity contribution in [1.82, 2.24) is 15.2 Å². The number of carbonyl (C=O) groups excluding carboxylic acids is 2. The van der Waals surface area contributed by atoms with Gasteiger partial charge in [0, 0.05) is 47.9 Å². The van der Waals surface area contributed by atoms with Gasteiger partial charge in [-0.05, 0) is 55.5 Å². The Labute approximate surface area is 271 Å². The monoisotopic (exact) mass is 660 g/mol. The van der Waals surface area contributed by atoms with E-state index in [9.17, 15) is 39.1 Å². The van der Waals surface area contributed by atoms with Crippen molar-refractivity contribution in [2.45, 2.75) is 57.3 Å². The number of fused-ring (bicyclic) bond motifs is 1. The smallest absolute Gasteiger partial charge is 0.416 e. The van der Waals surface area contributed by atoms with Gasteiger partial charge in [-0.3, -0.25) is 28.8 Å². The van der Waals surface area contributed by atoms with E-state index in [1.807, 2.05) is 25.1 Å². The number of hydrogen-bond donors (Lipinski definition) is 4. The molecule has 0 spiro atoms. The average molecular weight is 661 g/mol. The van der Waals surface area contributed by atoms with Gasteiger partial charge in [-0.25, -0.2) is 4.79 Å². The molecule has 1 fully saturated rings. The van der Waals surface area contributed by atoms with Gasteiger partial charge in [-0.2, -0.15) is 0 Å². The number of amides is 2. The minimum Gasteiger partial charge on any atom is -0.464 e. The highest BCUT2D eigenvalue weighted by molar-refractivity contribution is 7.58. The molecule has 0 saturated heterocycles. The molecule has 13 heteroatoms. The molecule has 3 aromatic carbocycles. The van der Waals surface area contributed by atoms with Crippen LogP contribution in [0.2, 0.25) is 0 Å². The van der Waals surface area contributed by atoms with E-state index in [4.69, 9.17) is 0 Å². The van der Waals surface area contributed by atoms with Gasteiger partial charge in [0.25, 0.3) is 11.6 Å². The minimum atomic E-state index is -4.26. The number of non-ortho nitro benzene ring substituents is 1. The fourth-order valence-electron chi connectivity index (χ4n) is 6.48. The lowest BCUT2D eigenvalue weighted by Crippen LogP contribution is -2.47. The second-order valence-electron chi connectivity index (χ2n) is 12.3. The minimum absolute atomic E-state index is 0.0368. The highest BCUT2D eigenvalue weighted by Gasteiger charge is 2.48. The molecule has 1 aliphatic rings. The van der Waals surface area contributed by atoms with Crippen LogP contribution in [-0.4, -0.2) is 55.4 Å². The molecule has 2 amide bonds. The van der Waals surface area contributed by atoms with Crippen LogP contribution in [0.25, 0.3) is 10.9 Å². The van der Waals surface area contributed by atoms with E-state index in [2.05, 4.69) is 10.6 Å². The molecule has 246 valence electrons. The zero-order chi connectivity index (χ0) is 33.8. The summed E-state index contributed by atoms with van der Waals surface area (Å²) in [4.78, 5) is 61.1. The summed E-state index contributed by atoms with van der Waals surface area (Å²) < 4.78 is 15.4. The first-order valence-corrected chi connectivity index (χ1v) is 17.3. The first-order chi connectivity index (χ1) is 22.4. The number of nitro benzene ring substituents is 1. The van der Waals surface area contributed by atoms with Crippen LogP contribution in [0.1, 0.15) is 54.1 Å². The van der Waals surface area contributed by atoms with Gasteiger partial charge in [0.05, 0.1) is 15.9 Å². The standard InChI is InChI=1S/C34H37N4O8P/c1-23(19-26-21-37(33(41)42)29-12-6-5-11-28(26)29)35-32(40)34(17-7-8-18-34)22-47(45,46)30(20-24-9-3-2-4-10-24)36-31(39)25-13-15-27(16-14-25)38(43)44/h2-6,9-16,21,23,30H,7-8,17-20,22H2,1H3,(H,35,40)(H,36,39)(H,41,42)(H,45,46)/t23-,30-/m1/s1. The lowest BCUT2D eigenvalue weighted by molar-refractivity contribution is -0.384. The van der Waals surface area contributed by atoms with Crippen LogP contribution in [0.5, 0.6) is 0 Å². The molecule has 4 N–H and O–H groups in total. The predicted octanol–water partition coefficient (Wildman–Crippen LogP) is 5.95. The van der Waals surface area contributed by atoms with Crippen LogP contribution in [0, 0.1) is 15.5 Å². The largest absolute Gasteiger partial charge is 0.464 e. The number of nitrogens with one attached hydrogen (secondary N) is 2. The molecule has 12 nitrogen and oxygen atoms in total. The quantitative estimate of drug-likeness (QED) is 0.0817. The maximum Gasteiger partial charge on any atom is 0.416 e. The summed E-state index contributed by atoms with van der Waals surface area (Å²) in [5.74, 6) is -2.23. The van der Waals surface area contributed by atoms with Gasteiger partial charge in [0.15, 0.2) is 0 Å². The lowest BCUT2D eigenvalue weighted by atomic mass is 9.87. The molecule has 5 rings (SSSR count). The van der Waals surface area contributed by atoms with Crippen molar-refractivity contribution >= 4 is 41.9 Å². The summed E-state index contributed by atoms with van der Waals surface area (Å²) in [5, 5.41) is 27.2. The third-order valence-electron chi connectivity index (χ3n) is 8.87. The van der Waals surface area contributed by atoms with Crippen LogP contribution in [0.15, 0.2) is 85.1 Å². The highest BCUT2D eigenvalue weighted by Crippen LogP contribution is 2.55. The summed E-state index contributed by atoms with van der Waals surface area (Å²) in [5.41, 5.74) is 0.782. The number of carbonyl (C=O) groups is 3. The number of carboxylic acid groups (broad SMARTS) is 1. The number of nitro groups is 1. The molecule has 47 heavy (non-hydrogen) atoms. The van der Waals surface area contributed by atoms with Gasteiger partial charge in [-0.15, -0.1) is 0 Å². The number of nitrogens with zero attached hydrogens (tertiary/aromatic N) is 2. The summed E-state index contributed by atoms with van der Waals surface area (Å²) in [6.07, 6.45) is 2.69. The SMILES string of the molecule is C[C@H](Cc1cn(C(=O)O)c2ccccc12)NC(=O)C1(CP(=O)(O)[C@H](Cc2ccccc2)NC(=O)c2ccc([N+](=O)[O-])cc2)CCCC1. The normalized spacial score (nSPS) is 16.6. The topological polar surface area (TPSA) is 181 Å². The molecule has 1 aliphatic carbocycles. The third kappa shape index (κ3) is 7.61. The number of para-hydroxylation sites is 1. The van der Waals surface area contributed by atoms with Crippen molar-refractivity contribution in [2.24, 2.45) is 5.41 Å². The molecule has 0 radical (unpaired) electrons. The van der Waals surface area contributed by atoms with E-state index in [-0.39, 0.29) is 29.7 Å². The van der Waals surface area contributed by atoms with Crippen molar-refractivity contribution in [3.63, 3.8) is 0 Å². The Balaban J connectivity index is 1.36. The van der Waals surface area contributed by atoms with Crippen molar-refractivity contribution < 1.29 is 33.9 Å². The zero-order valence-electron chi connectivity index (χ0n) is 25.9. The van der Waals surface area contributed by atoms with E-state index < -0.39 is 41.5 Å². The van der Waals surface area contributed by atoms with Crippen molar-refractivity contribution in [2.75, 3.05) is 6.16 Å². The molecule has 1 unspecified atom stereocenters. The molecule has 0 aliphatic heterocycles. The summed E-state index contributed by atoms with van der Waals surface area (Å²) in [6, 6.07) is 20.6. The van der Waals surface area contributed by atoms with Crippen LogP contribution in [-0.2, 0) is 22.2 Å². The third-order valence-corrected chi connectivity index (χ3v) is 11.2. The van der Waals surface area contributed by atoms with Gasteiger partial charge in [-0.1, -0.05) is 61.4 Å². The van der Waals surface area contributed by atoms with E-state index in [0.717, 1.165) is 21.1 Å². The maximum atomic E-state index is 14.3. The Morgan fingerprint density at radius 1 is 0.957 bits per heavy atom. The Hall–Kier alpha value is -4.80. The molecule has 1 saturated carbocycles. The van der Waals surface area contributed by atoms with Crippen LogP contribution >= 0.6 is 7.37 Å². The molecular weight excluding hydrogens is 623 g/mol. The number of rotatable bonds is 12. The van der Waals surface area contributed by atoms with E-state index in [1.165, 1.54) is 24.3 Å². The maximum absolute atomic E-state index is 14.3. The van der Waals surface area contributed by atoms with Crippen LogP contribution in [0.3, 0.4) is 0 Å². The van der Waals surface area contributed by atoms with Crippen molar-refractivity contribution in [1.29, 1.82) is 0 Å². The van der Waals surface area contributed by atoms with Crippen molar-refractivity contribution in [3.05, 3.63) is 112 Å². The molecular formula is C34H37N4O8P. The summed E-state index contributed by atoms with van der Waals surface area (Å²) in [6.45, 7) is 1.81. The van der Waals surface area contributed by atoms with E-state index in [0.29, 0.717) is 37.6 Å². The Kier molecular flexibility index (Phi) is 9.93. The van der Waals surface area contributed by atoms with Gasteiger partial charge < -0.3 is 20.6 Å². The number of benzene rings is 3. The predicted molar refractivity (Wildman–Crippen MR) is 177 cm³/mol. The highest BCUT2D eigenvalue weighted by atomic mass is 31.2. The Bertz CT molecular complexity index is 1830. The van der Waals surface area contributed by atoms with E-state index >= 15 is 0 Å². The Morgan fingerprint density at radius 2 is 1.60 bits per heavy atom. The fraction of sp³-hybridized carbons (Fsp3) is 0.324. The second-order valence-corrected chi connectivity index (χ2v) is 14.7. The van der Waals surface area contributed by atoms with E-state index in [1.54, 1.807) is 42.6 Å². The molecule has 1 aromatic heterocycles. The van der Waals surface area contributed by atoms with Gasteiger partial charge in [0.1, 0.15) is 5.78 Å². The first-order valence-electron chi connectivity index (χ1n) is 15.4. The second kappa shape index (κ2) is 13.9. The van der Waals surface area contributed by atoms with Crippen molar-refractivity contribution in [3.8, 4) is 0 Å². The Morgan fingerprint density at radius 3 is 2.23 bits per heavy atom. The lowest BCUT2D eigenvalue weighted by Gasteiger charge is -2.34. The van der Waals surface area contributed by atoms with Gasteiger partial charge in [0.2, 0.25) is 13.3 Å². The zero-order valence-corrected chi connectivity index (χ0v) is 26.8. The fourth-order valence-corrected chi connectivity index (χ4v) is 8.85. The molecule has 1 heterocycles.